The molecule has 0 saturated heterocycles. The Bertz CT molecular complexity index is 453. The fourth-order valence-electron chi connectivity index (χ4n) is 4.97. The molecule has 0 unspecified atom stereocenters. The van der Waals surface area contributed by atoms with Gasteiger partial charge in [-0.15, -0.1) is 0 Å². The summed E-state index contributed by atoms with van der Waals surface area (Å²) in [6.45, 7) is 4.01. The predicted octanol–water partition coefficient (Wildman–Crippen LogP) is 1.76. The molecule has 4 atom stereocenters. The summed E-state index contributed by atoms with van der Waals surface area (Å²) in [6, 6.07) is 0. The third-order valence-corrected chi connectivity index (χ3v) is 6.01. The fraction of sp³-hybridized carbons (Fsp3) is 0.800. The number of hydrogen-bond donors (Lipinski definition) is 1. The smallest absolute Gasteiger partial charge is 0.166 e. The minimum atomic E-state index is -0.750. The number of rotatable bonds is 1. The lowest BCUT2D eigenvalue weighted by atomic mass is 9.78. The van der Waals surface area contributed by atoms with Gasteiger partial charge in [-0.3, -0.25) is 9.69 Å². The van der Waals surface area contributed by atoms with Gasteiger partial charge in [0.25, 0.3) is 0 Å². The zero-order valence-corrected chi connectivity index (χ0v) is 11.8. The van der Waals surface area contributed by atoms with E-state index in [4.69, 9.17) is 0 Å². The van der Waals surface area contributed by atoms with Crippen molar-refractivity contribution in [3.63, 3.8) is 0 Å². The van der Waals surface area contributed by atoms with Crippen LogP contribution in [0.1, 0.15) is 39.5 Å². The van der Waals surface area contributed by atoms with Crippen molar-refractivity contribution >= 4 is 5.78 Å². The Balaban J connectivity index is 2.18. The zero-order chi connectivity index (χ0) is 13.3. The normalized spacial score (nSPS) is 47.1. The molecule has 0 bridgehead atoms. The van der Waals surface area contributed by atoms with E-state index >= 15 is 0 Å². The molecule has 0 aliphatic heterocycles. The minimum absolute atomic E-state index is 0.188. The van der Waals surface area contributed by atoms with Crippen LogP contribution in [-0.4, -0.2) is 41.0 Å². The van der Waals surface area contributed by atoms with Crippen LogP contribution >= 0.6 is 0 Å². The van der Waals surface area contributed by atoms with Crippen molar-refractivity contribution in [3.8, 4) is 0 Å². The van der Waals surface area contributed by atoms with Gasteiger partial charge in [-0.05, 0) is 64.3 Å². The molecule has 0 aromatic carbocycles. The topological polar surface area (TPSA) is 40.5 Å². The largest absolute Gasteiger partial charge is 0.389 e. The number of hydrogen-bond acceptors (Lipinski definition) is 3. The predicted molar refractivity (Wildman–Crippen MR) is 70.2 cm³/mol. The molecule has 2 saturated carbocycles. The maximum absolute atomic E-state index is 12.6. The first kappa shape index (κ1) is 12.4. The van der Waals surface area contributed by atoms with E-state index in [9.17, 15) is 9.90 Å². The van der Waals surface area contributed by atoms with Crippen LogP contribution in [0.15, 0.2) is 11.1 Å². The fourth-order valence-corrected chi connectivity index (χ4v) is 4.97. The Morgan fingerprint density at radius 2 is 2.00 bits per heavy atom. The molecule has 100 valence electrons. The molecule has 0 heterocycles. The van der Waals surface area contributed by atoms with Gasteiger partial charge in [0.05, 0.1) is 17.1 Å². The molecule has 0 spiro atoms. The molecule has 1 N–H and O–H groups in total. The summed E-state index contributed by atoms with van der Waals surface area (Å²) >= 11 is 0. The van der Waals surface area contributed by atoms with Crippen LogP contribution in [0.25, 0.3) is 0 Å². The minimum Gasteiger partial charge on any atom is -0.389 e. The van der Waals surface area contributed by atoms with E-state index in [1.165, 1.54) is 5.57 Å². The Morgan fingerprint density at radius 1 is 1.33 bits per heavy atom. The van der Waals surface area contributed by atoms with E-state index in [0.29, 0.717) is 5.92 Å². The molecule has 0 amide bonds. The van der Waals surface area contributed by atoms with Crippen molar-refractivity contribution in [2.24, 2.45) is 11.8 Å². The van der Waals surface area contributed by atoms with E-state index in [2.05, 4.69) is 11.8 Å². The van der Waals surface area contributed by atoms with Gasteiger partial charge >= 0.3 is 0 Å². The summed E-state index contributed by atoms with van der Waals surface area (Å²) < 4.78 is 0. The number of allylic oxidation sites excluding steroid dienone is 1. The maximum atomic E-state index is 12.6. The Hall–Kier alpha value is -0.670. The van der Waals surface area contributed by atoms with Gasteiger partial charge in [0.2, 0.25) is 0 Å². The molecular formula is C15H23NO2. The SMILES string of the molecule is CC1=C(C)[C@]2(N(C)C)C[C@H]3CCC[C@@]3(O)[C@@H]2C1=O. The summed E-state index contributed by atoms with van der Waals surface area (Å²) in [7, 11) is 4.10. The first-order valence-electron chi connectivity index (χ1n) is 6.97. The molecule has 3 nitrogen and oxygen atoms in total. The number of fused-ring (bicyclic) bond motifs is 3. The van der Waals surface area contributed by atoms with Crippen LogP contribution in [0.2, 0.25) is 0 Å². The number of aliphatic hydroxyl groups is 1. The molecule has 18 heavy (non-hydrogen) atoms. The van der Waals surface area contributed by atoms with E-state index in [0.717, 1.165) is 31.3 Å². The highest BCUT2D eigenvalue weighted by atomic mass is 16.3. The number of carbonyl (C=O) groups is 1. The summed E-state index contributed by atoms with van der Waals surface area (Å²) in [5.41, 5.74) is 1.10. The molecule has 0 radical (unpaired) electrons. The van der Waals surface area contributed by atoms with Gasteiger partial charge in [-0.2, -0.15) is 0 Å². The lowest BCUT2D eigenvalue weighted by Gasteiger charge is -2.40. The molecule has 3 rings (SSSR count). The van der Waals surface area contributed by atoms with Crippen LogP contribution in [0, 0.1) is 11.8 Å². The third-order valence-electron chi connectivity index (χ3n) is 6.01. The molecular weight excluding hydrogens is 226 g/mol. The zero-order valence-electron chi connectivity index (χ0n) is 11.8. The lowest BCUT2D eigenvalue weighted by molar-refractivity contribution is -0.130. The average molecular weight is 249 g/mol. The van der Waals surface area contributed by atoms with Crippen LogP contribution in [0.4, 0.5) is 0 Å². The number of nitrogens with zero attached hydrogens (tertiary/aromatic N) is 1. The van der Waals surface area contributed by atoms with Gasteiger partial charge < -0.3 is 5.11 Å². The summed E-state index contributed by atoms with van der Waals surface area (Å²) in [5.74, 6) is 0.262. The highest BCUT2D eigenvalue weighted by Crippen LogP contribution is 2.62. The van der Waals surface area contributed by atoms with Crippen LogP contribution in [0.3, 0.4) is 0 Å². The average Bonchev–Trinajstić information content (AvgIpc) is 2.83. The molecule has 3 aliphatic rings. The first-order valence-corrected chi connectivity index (χ1v) is 6.97. The van der Waals surface area contributed by atoms with Crippen molar-refractivity contribution in [2.45, 2.75) is 50.7 Å². The molecule has 3 heteroatoms. The van der Waals surface area contributed by atoms with Crippen LogP contribution in [-0.2, 0) is 4.79 Å². The first-order chi connectivity index (χ1) is 8.35. The summed E-state index contributed by atoms with van der Waals surface area (Å²) in [5, 5.41) is 11.0. The quantitative estimate of drug-likeness (QED) is 0.770. The van der Waals surface area contributed by atoms with Crippen molar-refractivity contribution in [1.29, 1.82) is 0 Å². The highest BCUT2D eigenvalue weighted by Gasteiger charge is 2.69. The van der Waals surface area contributed by atoms with Gasteiger partial charge in [0.1, 0.15) is 0 Å². The monoisotopic (exact) mass is 249 g/mol. The van der Waals surface area contributed by atoms with Crippen molar-refractivity contribution < 1.29 is 9.90 Å². The Morgan fingerprint density at radius 3 is 2.61 bits per heavy atom. The number of likely N-dealkylation sites (N-methyl/N-ethyl adjacent to an activating group) is 1. The maximum Gasteiger partial charge on any atom is 0.166 e. The number of carbonyl (C=O) groups excluding carboxylic acids is 1. The van der Waals surface area contributed by atoms with Crippen LogP contribution < -0.4 is 0 Å². The van der Waals surface area contributed by atoms with E-state index in [1.807, 2.05) is 21.0 Å². The number of Topliss-reactive ketones (excluding diaryl/α,β-unsaturated/α-hetero) is 1. The Kier molecular flexibility index (Phi) is 2.37. The molecule has 0 aromatic heterocycles. The molecule has 0 aromatic rings. The third kappa shape index (κ3) is 1.11. The van der Waals surface area contributed by atoms with Gasteiger partial charge in [-0.25, -0.2) is 0 Å². The summed E-state index contributed by atoms with van der Waals surface area (Å²) in [6.07, 6.45) is 3.87. The van der Waals surface area contributed by atoms with Crippen LogP contribution in [0.5, 0.6) is 0 Å². The second kappa shape index (κ2) is 3.45. The van der Waals surface area contributed by atoms with Crippen molar-refractivity contribution in [2.75, 3.05) is 14.1 Å². The van der Waals surface area contributed by atoms with E-state index in [1.54, 1.807) is 0 Å². The molecule has 2 fully saturated rings. The second-order valence-corrected chi connectivity index (χ2v) is 6.65. The van der Waals surface area contributed by atoms with Crippen molar-refractivity contribution in [1.82, 2.24) is 4.90 Å². The van der Waals surface area contributed by atoms with Gasteiger partial charge in [0.15, 0.2) is 5.78 Å². The Labute approximate surface area is 109 Å². The summed E-state index contributed by atoms with van der Waals surface area (Å²) in [4.78, 5) is 14.8. The van der Waals surface area contributed by atoms with Gasteiger partial charge in [-0.1, -0.05) is 6.42 Å². The van der Waals surface area contributed by atoms with E-state index in [-0.39, 0.29) is 17.2 Å². The van der Waals surface area contributed by atoms with Crippen molar-refractivity contribution in [3.05, 3.63) is 11.1 Å². The lowest BCUT2D eigenvalue weighted by Crippen LogP contribution is -2.53. The highest BCUT2D eigenvalue weighted by molar-refractivity contribution is 6.03. The molecule has 3 aliphatic carbocycles. The number of ketones is 1. The van der Waals surface area contributed by atoms with E-state index < -0.39 is 5.60 Å². The standard InChI is InChI=1S/C15H23NO2/c1-9-10(2)14(16(3)4)8-11-6-5-7-15(11,18)13(14)12(9)17/h11,13,18H,5-8H2,1-4H3/t11-,13-,14-,15+/m1/s1. The van der Waals surface area contributed by atoms with Gasteiger partial charge in [0, 0.05) is 0 Å². The second-order valence-electron chi connectivity index (χ2n) is 6.65.